The van der Waals surface area contributed by atoms with Gasteiger partial charge in [0.1, 0.15) is 6.33 Å². The van der Waals surface area contributed by atoms with Crippen molar-refractivity contribution in [1.29, 1.82) is 0 Å². The highest BCUT2D eigenvalue weighted by Crippen LogP contribution is 2.30. The standard InChI is InChI=1S/C14H15N5O4/c1-3-23-14(20)9-4-6-10(7-5-9)18-13-11(19(21)22)12(15-2)16-8-17-13/h4-8H,3H2,1-2H3,(H2,15,16,17,18). The van der Waals surface area contributed by atoms with Gasteiger partial charge in [-0.2, -0.15) is 0 Å². The van der Waals surface area contributed by atoms with Crippen LogP contribution in [0.25, 0.3) is 0 Å². The molecule has 1 aromatic carbocycles. The van der Waals surface area contributed by atoms with Crippen LogP contribution in [0.1, 0.15) is 17.3 Å². The number of hydrogen-bond acceptors (Lipinski definition) is 8. The van der Waals surface area contributed by atoms with E-state index in [1.807, 2.05) is 0 Å². The van der Waals surface area contributed by atoms with Crippen molar-refractivity contribution in [3.05, 3.63) is 46.3 Å². The number of aromatic nitrogens is 2. The highest BCUT2D eigenvalue weighted by molar-refractivity contribution is 5.90. The minimum Gasteiger partial charge on any atom is -0.462 e. The molecule has 1 heterocycles. The number of nitrogens with one attached hydrogen (secondary N) is 2. The summed E-state index contributed by atoms with van der Waals surface area (Å²) >= 11 is 0. The van der Waals surface area contributed by atoms with Crippen LogP contribution in [0.5, 0.6) is 0 Å². The van der Waals surface area contributed by atoms with E-state index < -0.39 is 10.9 Å². The second-order valence-electron chi connectivity index (χ2n) is 4.35. The Labute approximate surface area is 131 Å². The molecule has 0 saturated carbocycles. The zero-order chi connectivity index (χ0) is 16.8. The molecule has 2 N–H and O–H groups in total. The van der Waals surface area contributed by atoms with Gasteiger partial charge < -0.3 is 15.4 Å². The minimum absolute atomic E-state index is 0.0539. The van der Waals surface area contributed by atoms with Crippen molar-refractivity contribution in [2.45, 2.75) is 6.92 Å². The summed E-state index contributed by atoms with van der Waals surface area (Å²) in [4.78, 5) is 29.9. The fourth-order valence-corrected chi connectivity index (χ4v) is 1.87. The minimum atomic E-state index is -0.568. The van der Waals surface area contributed by atoms with Gasteiger partial charge in [-0.3, -0.25) is 10.1 Å². The zero-order valence-corrected chi connectivity index (χ0v) is 12.6. The summed E-state index contributed by atoms with van der Waals surface area (Å²) < 4.78 is 4.89. The Kier molecular flexibility index (Phi) is 5.03. The fraction of sp³-hybridized carbons (Fsp3) is 0.214. The summed E-state index contributed by atoms with van der Waals surface area (Å²) in [5, 5.41) is 16.7. The first-order valence-electron chi connectivity index (χ1n) is 6.78. The van der Waals surface area contributed by atoms with Crippen molar-refractivity contribution in [2.75, 3.05) is 24.3 Å². The summed E-state index contributed by atoms with van der Waals surface area (Å²) in [6.07, 6.45) is 1.22. The third-order valence-electron chi connectivity index (χ3n) is 2.90. The van der Waals surface area contributed by atoms with Gasteiger partial charge in [-0.05, 0) is 31.2 Å². The van der Waals surface area contributed by atoms with E-state index >= 15 is 0 Å². The Morgan fingerprint density at radius 2 is 1.91 bits per heavy atom. The summed E-state index contributed by atoms with van der Waals surface area (Å²) in [5.41, 5.74) is 0.678. The largest absolute Gasteiger partial charge is 0.462 e. The maximum atomic E-state index is 11.6. The predicted octanol–water partition coefficient (Wildman–Crippen LogP) is 2.35. The summed E-state index contributed by atoms with van der Waals surface area (Å²) in [5.74, 6) is -0.265. The third-order valence-corrected chi connectivity index (χ3v) is 2.90. The van der Waals surface area contributed by atoms with Crippen LogP contribution >= 0.6 is 0 Å². The van der Waals surface area contributed by atoms with Crippen molar-refractivity contribution in [3.63, 3.8) is 0 Å². The Balaban J connectivity index is 2.26. The maximum Gasteiger partial charge on any atom is 0.353 e. The molecule has 0 spiro atoms. The van der Waals surface area contributed by atoms with Crippen LogP contribution in [0.3, 0.4) is 0 Å². The Bertz CT molecular complexity index is 718. The molecule has 23 heavy (non-hydrogen) atoms. The lowest BCUT2D eigenvalue weighted by Gasteiger charge is -2.08. The lowest BCUT2D eigenvalue weighted by atomic mass is 10.2. The van der Waals surface area contributed by atoms with Gasteiger partial charge in [0.05, 0.1) is 17.1 Å². The van der Waals surface area contributed by atoms with Crippen LogP contribution in [0.2, 0.25) is 0 Å². The van der Waals surface area contributed by atoms with Crippen LogP contribution in [0, 0.1) is 10.1 Å². The quantitative estimate of drug-likeness (QED) is 0.473. The Morgan fingerprint density at radius 1 is 1.26 bits per heavy atom. The van der Waals surface area contributed by atoms with Crippen LogP contribution in [0.15, 0.2) is 30.6 Å². The van der Waals surface area contributed by atoms with Crippen molar-refractivity contribution in [2.24, 2.45) is 0 Å². The Hall–Kier alpha value is -3.23. The van der Waals surface area contributed by atoms with E-state index in [-0.39, 0.29) is 17.3 Å². The average Bonchev–Trinajstić information content (AvgIpc) is 2.55. The number of nitrogens with zero attached hydrogens (tertiary/aromatic N) is 3. The molecule has 0 unspecified atom stereocenters. The maximum absolute atomic E-state index is 11.6. The summed E-state index contributed by atoms with van der Waals surface area (Å²) in [7, 11) is 1.53. The van der Waals surface area contributed by atoms with Crippen molar-refractivity contribution < 1.29 is 14.5 Å². The van der Waals surface area contributed by atoms with Gasteiger partial charge in [-0.15, -0.1) is 0 Å². The van der Waals surface area contributed by atoms with E-state index in [1.54, 1.807) is 31.2 Å². The predicted molar refractivity (Wildman–Crippen MR) is 83.9 cm³/mol. The zero-order valence-electron chi connectivity index (χ0n) is 12.6. The number of hydrogen-bond donors (Lipinski definition) is 2. The molecule has 9 heteroatoms. The number of nitro groups is 1. The molecule has 120 valence electrons. The number of ether oxygens (including phenoxy) is 1. The van der Waals surface area contributed by atoms with E-state index in [4.69, 9.17) is 4.74 Å². The number of carbonyl (C=O) groups excluding carboxylic acids is 1. The van der Waals surface area contributed by atoms with Gasteiger partial charge >= 0.3 is 11.7 Å². The first-order valence-corrected chi connectivity index (χ1v) is 6.78. The lowest BCUT2D eigenvalue weighted by Crippen LogP contribution is -2.06. The molecule has 0 aliphatic carbocycles. The number of esters is 1. The molecule has 2 rings (SSSR count). The molecular weight excluding hydrogens is 302 g/mol. The highest BCUT2D eigenvalue weighted by Gasteiger charge is 2.22. The molecule has 2 aromatic rings. The molecule has 0 amide bonds. The van der Waals surface area contributed by atoms with Gasteiger partial charge in [0.15, 0.2) is 0 Å². The normalized spacial score (nSPS) is 10.0. The smallest absolute Gasteiger partial charge is 0.353 e. The topological polar surface area (TPSA) is 119 Å². The van der Waals surface area contributed by atoms with E-state index in [1.165, 1.54) is 13.4 Å². The molecule has 9 nitrogen and oxygen atoms in total. The molecule has 0 saturated heterocycles. The van der Waals surface area contributed by atoms with E-state index in [9.17, 15) is 14.9 Å². The summed E-state index contributed by atoms with van der Waals surface area (Å²) in [6, 6.07) is 6.34. The molecule has 0 bridgehead atoms. The summed E-state index contributed by atoms with van der Waals surface area (Å²) in [6.45, 7) is 2.01. The lowest BCUT2D eigenvalue weighted by molar-refractivity contribution is -0.383. The molecule has 0 radical (unpaired) electrons. The number of carbonyl (C=O) groups is 1. The van der Waals surface area contributed by atoms with E-state index in [0.717, 1.165) is 0 Å². The van der Waals surface area contributed by atoms with Crippen LogP contribution < -0.4 is 10.6 Å². The number of anilines is 3. The van der Waals surface area contributed by atoms with Crippen LogP contribution in [-0.4, -0.2) is 34.5 Å². The van der Waals surface area contributed by atoms with Gasteiger partial charge in [-0.25, -0.2) is 14.8 Å². The first-order chi connectivity index (χ1) is 11.1. The number of benzene rings is 1. The molecule has 0 aliphatic heterocycles. The van der Waals surface area contributed by atoms with E-state index in [0.29, 0.717) is 17.9 Å². The van der Waals surface area contributed by atoms with Crippen molar-refractivity contribution in [1.82, 2.24) is 9.97 Å². The molecular formula is C14H15N5O4. The molecule has 0 atom stereocenters. The average molecular weight is 317 g/mol. The van der Waals surface area contributed by atoms with Crippen LogP contribution in [0.4, 0.5) is 23.0 Å². The van der Waals surface area contributed by atoms with Gasteiger partial charge in [0.2, 0.25) is 11.6 Å². The third kappa shape index (κ3) is 3.70. The number of rotatable bonds is 6. The van der Waals surface area contributed by atoms with Crippen molar-refractivity contribution in [3.8, 4) is 0 Å². The SMILES string of the molecule is CCOC(=O)c1ccc(Nc2ncnc(NC)c2[N+](=O)[O-])cc1. The van der Waals surface area contributed by atoms with Gasteiger partial charge in [0.25, 0.3) is 0 Å². The molecule has 0 aliphatic rings. The molecule has 1 aromatic heterocycles. The second kappa shape index (κ2) is 7.16. The Morgan fingerprint density at radius 3 is 2.48 bits per heavy atom. The monoisotopic (exact) mass is 317 g/mol. The highest BCUT2D eigenvalue weighted by atomic mass is 16.6. The van der Waals surface area contributed by atoms with Crippen LogP contribution in [-0.2, 0) is 4.74 Å². The fourth-order valence-electron chi connectivity index (χ4n) is 1.87. The molecule has 0 fully saturated rings. The van der Waals surface area contributed by atoms with Gasteiger partial charge in [-0.1, -0.05) is 0 Å². The van der Waals surface area contributed by atoms with E-state index in [2.05, 4.69) is 20.6 Å². The van der Waals surface area contributed by atoms with Crippen molar-refractivity contribution >= 4 is 29.0 Å². The first kappa shape index (κ1) is 16.1. The second-order valence-corrected chi connectivity index (χ2v) is 4.35. The van der Waals surface area contributed by atoms with Gasteiger partial charge in [0, 0.05) is 12.7 Å².